The lowest BCUT2D eigenvalue weighted by molar-refractivity contribution is 0.728. The molecule has 96 valence electrons. The molecule has 2 heterocycles. The number of aryl methyl sites for hydroxylation is 1. The van der Waals surface area contributed by atoms with E-state index < -0.39 is 0 Å². The fourth-order valence-electron chi connectivity index (χ4n) is 2.05. The molecule has 0 amide bonds. The minimum absolute atomic E-state index is 0.164. The number of benzene rings is 1. The molecule has 0 unspecified atom stereocenters. The monoisotopic (exact) mass is 272 g/mol. The second-order valence-electron chi connectivity index (χ2n) is 4.37. The van der Waals surface area contributed by atoms with Gasteiger partial charge in [0.05, 0.1) is 12.1 Å². The largest absolute Gasteiger partial charge is 0.329 e. The van der Waals surface area contributed by atoms with E-state index in [1.54, 1.807) is 17.9 Å². The molecule has 6 heteroatoms. The third kappa shape index (κ3) is 2.10. The van der Waals surface area contributed by atoms with Crippen molar-refractivity contribution in [2.24, 2.45) is 7.05 Å². The van der Waals surface area contributed by atoms with Crippen LogP contribution in [0.25, 0.3) is 11.0 Å². The average molecular weight is 272 g/mol. The lowest BCUT2D eigenvalue weighted by Gasteiger charge is -2.05. The molecule has 0 atom stereocenters. The van der Waals surface area contributed by atoms with Crippen LogP contribution in [-0.4, -0.2) is 19.3 Å². The molecule has 3 rings (SSSR count). The number of H-pyrrole nitrogens is 1. The van der Waals surface area contributed by atoms with Gasteiger partial charge in [0.25, 0.3) is 5.56 Å². The summed E-state index contributed by atoms with van der Waals surface area (Å²) in [7, 11) is 1.78. The fraction of sp³-hybridized carbons (Fsp3) is 0.154. The Balaban J connectivity index is 2.19. The first-order valence-corrected chi connectivity index (χ1v) is 6.26. The Morgan fingerprint density at radius 3 is 2.79 bits per heavy atom. The van der Waals surface area contributed by atoms with Gasteiger partial charge in [0.1, 0.15) is 0 Å². The summed E-state index contributed by atoms with van der Waals surface area (Å²) in [5, 5.41) is 4.16. The summed E-state index contributed by atoms with van der Waals surface area (Å²) in [4.78, 5) is 15.4. The van der Waals surface area contributed by atoms with Crippen molar-refractivity contribution in [3.05, 3.63) is 57.2 Å². The summed E-state index contributed by atoms with van der Waals surface area (Å²) >= 11 is 5.25. The zero-order chi connectivity index (χ0) is 13.4. The molecule has 0 radical (unpaired) electrons. The highest BCUT2D eigenvalue weighted by Crippen LogP contribution is 2.06. The minimum Gasteiger partial charge on any atom is -0.329 e. The van der Waals surface area contributed by atoms with Crippen molar-refractivity contribution < 1.29 is 0 Å². The van der Waals surface area contributed by atoms with E-state index in [2.05, 4.69) is 10.1 Å². The normalized spacial score (nSPS) is 11.0. The van der Waals surface area contributed by atoms with Gasteiger partial charge in [-0.2, -0.15) is 5.10 Å². The molecular formula is C13H12N4OS. The molecule has 0 aliphatic heterocycles. The molecule has 0 saturated carbocycles. The lowest BCUT2D eigenvalue weighted by Crippen LogP contribution is -2.22. The Bertz CT molecular complexity index is 844. The highest BCUT2D eigenvalue weighted by atomic mass is 32.1. The molecule has 0 saturated heterocycles. The quantitative estimate of drug-likeness (QED) is 0.724. The second kappa shape index (κ2) is 4.47. The van der Waals surface area contributed by atoms with Gasteiger partial charge in [0, 0.05) is 13.2 Å². The Morgan fingerprint density at radius 2 is 2.05 bits per heavy atom. The number of aromatic amines is 1. The van der Waals surface area contributed by atoms with Gasteiger partial charge in [-0.1, -0.05) is 30.3 Å². The molecule has 0 spiro atoms. The van der Waals surface area contributed by atoms with Crippen LogP contribution in [-0.2, 0) is 13.6 Å². The molecule has 1 N–H and O–H groups in total. The molecule has 0 aliphatic rings. The molecule has 19 heavy (non-hydrogen) atoms. The van der Waals surface area contributed by atoms with E-state index in [0.29, 0.717) is 22.3 Å². The number of aromatic nitrogens is 4. The van der Waals surface area contributed by atoms with Crippen molar-refractivity contribution in [1.29, 1.82) is 0 Å². The number of nitrogens with zero attached hydrogens (tertiary/aromatic N) is 3. The summed E-state index contributed by atoms with van der Waals surface area (Å²) in [6.45, 7) is 0.446. The third-order valence-corrected chi connectivity index (χ3v) is 3.27. The molecule has 0 fully saturated rings. The minimum atomic E-state index is -0.164. The molecule has 3 aromatic rings. The zero-order valence-corrected chi connectivity index (χ0v) is 11.1. The van der Waals surface area contributed by atoms with E-state index in [1.165, 1.54) is 4.57 Å². The standard InChI is InChI=1S/C13H12N4OS/c1-16-8-10-11(15-16)12(18)17(13(19)14-10)7-9-5-3-2-4-6-9/h2-6,8H,7H2,1H3,(H,14,19). The summed E-state index contributed by atoms with van der Waals surface area (Å²) < 4.78 is 3.54. The molecule has 0 bridgehead atoms. The first-order valence-electron chi connectivity index (χ1n) is 5.85. The molecule has 0 aliphatic carbocycles. The van der Waals surface area contributed by atoms with E-state index in [-0.39, 0.29) is 5.56 Å². The van der Waals surface area contributed by atoms with Gasteiger partial charge in [0.2, 0.25) is 0 Å². The van der Waals surface area contributed by atoms with E-state index >= 15 is 0 Å². The molecule has 5 nitrogen and oxygen atoms in total. The topological polar surface area (TPSA) is 55.6 Å². The molecule has 2 aromatic heterocycles. The smallest absolute Gasteiger partial charge is 0.283 e. The summed E-state index contributed by atoms with van der Waals surface area (Å²) in [5.41, 5.74) is 1.94. The van der Waals surface area contributed by atoms with Gasteiger partial charge in [-0.05, 0) is 17.8 Å². The number of rotatable bonds is 2. The van der Waals surface area contributed by atoms with E-state index in [0.717, 1.165) is 5.56 Å². The maximum atomic E-state index is 12.4. The van der Waals surface area contributed by atoms with E-state index in [9.17, 15) is 4.79 Å². The van der Waals surface area contributed by atoms with E-state index in [1.807, 2.05) is 30.3 Å². The van der Waals surface area contributed by atoms with Crippen LogP contribution in [0.4, 0.5) is 0 Å². The zero-order valence-electron chi connectivity index (χ0n) is 10.3. The van der Waals surface area contributed by atoms with Crippen LogP contribution >= 0.6 is 12.2 Å². The molecule has 1 aromatic carbocycles. The van der Waals surface area contributed by atoms with Crippen LogP contribution < -0.4 is 5.56 Å². The van der Waals surface area contributed by atoms with Crippen LogP contribution in [0.3, 0.4) is 0 Å². The Labute approximate surface area is 114 Å². The van der Waals surface area contributed by atoms with Crippen LogP contribution in [0.5, 0.6) is 0 Å². The fourth-order valence-corrected chi connectivity index (χ4v) is 2.31. The van der Waals surface area contributed by atoms with Gasteiger partial charge in [-0.25, -0.2) is 0 Å². The van der Waals surface area contributed by atoms with Crippen LogP contribution in [0.2, 0.25) is 0 Å². The SMILES string of the molecule is Cn1cc2[nH]c(=S)n(Cc3ccccc3)c(=O)c2n1. The summed E-state index contributed by atoms with van der Waals surface area (Å²) in [6.07, 6.45) is 1.75. The predicted molar refractivity (Wildman–Crippen MR) is 75.7 cm³/mol. The predicted octanol–water partition coefficient (Wildman–Crippen LogP) is 1.84. The van der Waals surface area contributed by atoms with Gasteiger partial charge in [-0.15, -0.1) is 0 Å². The van der Waals surface area contributed by atoms with Crippen molar-refractivity contribution >= 4 is 23.3 Å². The highest BCUT2D eigenvalue weighted by Gasteiger charge is 2.09. The van der Waals surface area contributed by atoms with Crippen molar-refractivity contribution in [2.75, 3.05) is 0 Å². The Kier molecular flexibility index (Phi) is 2.79. The van der Waals surface area contributed by atoms with Crippen LogP contribution in [0.15, 0.2) is 41.3 Å². The third-order valence-electron chi connectivity index (χ3n) is 2.95. The summed E-state index contributed by atoms with van der Waals surface area (Å²) in [5.74, 6) is 0. The molecular weight excluding hydrogens is 260 g/mol. The van der Waals surface area contributed by atoms with Crippen molar-refractivity contribution in [1.82, 2.24) is 19.3 Å². The maximum absolute atomic E-state index is 12.4. The van der Waals surface area contributed by atoms with Crippen molar-refractivity contribution in [2.45, 2.75) is 6.54 Å². The van der Waals surface area contributed by atoms with Gasteiger partial charge < -0.3 is 4.98 Å². The number of fused-ring (bicyclic) bond motifs is 1. The van der Waals surface area contributed by atoms with Gasteiger partial charge >= 0.3 is 0 Å². The first-order chi connectivity index (χ1) is 9.15. The Hall–Kier alpha value is -2.21. The maximum Gasteiger partial charge on any atom is 0.283 e. The highest BCUT2D eigenvalue weighted by molar-refractivity contribution is 7.71. The lowest BCUT2D eigenvalue weighted by atomic mass is 10.2. The average Bonchev–Trinajstić information content (AvgIpc) is 2.76. The first kappa shape index (κ1) is 11.9. The number of hydrogen-bond donors (Lipinski definition) is 1. The van der Waals surface area contributed by atoms with Crippen molar-refractivity contribution in [3.8, 4) is 0 Å². The van der Waals surface area contributed by atoms with Gasteiger partial charge in [0.15, 0.2) is 10.3 Å². The number of nitrogens with one attached hydrogen (secondary N) is 1. The van der Waals surface area contributed by atoms with E-state index in [4.69, 9.17) is 12.2 Å². The second-order valence-corrected chi connectivity index (χ2v) is 4.76. The number of hydrogen-bond acceptors (Lipinski definition) is 3. The Morgan fingerprint density at radius 1 is 1.32 bits per heavy atom. The summed E-state index contributed by atoms with van der Waals surface area (Å²) in [6, 6.07) is 9.74. The van der Waals surface area contributed by atoms with Crippen LogP contribution in [0.1, 0.15) is 5.56 Å². The van der Waals surface area contributed by atoms with Crippen LogP contribution in [0, 0.1) is 4.77 Å². The van der Waals surface area contributed by atoms with Crippen molar-refractivity contribution in [3.63, 3.8) is 0 Å². The van der Waals surface area contributed by atoms with Gasteiger partial charge in [-0.3, -0.25) is 14.0 Å².